The Hall–Kier alpha value is -6.11. The summed E-state index contributed by atoms with van der Waals surface area (Å²) in [7, 11) is 1.41. The van der Waals surface area contributed by atoms with Gasteiger partial charge in [0.1, 0.15) is 17.7 Å². The Morgan fingerprint density at radius 3 is 1.84 bits per heavy atom. The van der Waals surface area contributed by atoms with Gasteiger partial charge in [0.2, 0.25) is 5.91 Å². The molecule has 1 aromatic heterocycles. The monoisotopic (exact) mass is 903 g/mol. The number of aromatic nitrogens is 2. The van der Waals surface area contributed by atoms with Gasteiger partial charge in [0.25, 0.3) is 23.0 Å². The maximum absolute atomic E-state index is 14.9. The Balaban J connectivity index is 1.40. The van der Waals surface area contributed by atoms with Gasteiger partial charge in [-0.2, -0.15) is 26.3 Å². The fraction of sp³-hybridized carbons (Fsp3) is 0.295. The van der Waals surface area contributed by atoms with Crippen LogP contribution < -0.4 is 16.0 Å². The van der Waals surface area contributed by atoms with E-state index in [2.05, 4.69) is 20.9 Å². The van der Waals surface area contributed by atoms with Gasteiger partial charge in [0, 0.05) is 42.5 Å². The van der Waals surface area contributed by atoms with Crippen LogP contribution in [0.3, 0.4) is 0 Å². The van der Waals surface area contributed by atoms with Crippen LogP contribution in [0, 0.1) is 12.7 Å². The third-order valence-electron chi connectivity index (χ3n) is 10.3. The van der Waals surface area contributed by atoms with E-state index < -0.39 is 76.6 Å². The van der Waals surface area contributed by atoms with Gasteiger partial charge in [0.05, 0.1) is 29.7 Å². The van der Waals surface area contributed by atoms with Crippen molar-refractivity contribution in [3.8, 4) is 5.69 Å². The van der Waals surface area contributed by atoms with Crippen LogP contribution >= 0.6 is 11.6 Å². The number of ketones is 1. The first-order valence-corrected chi connectivity index (χ1v) is 19.6. The summed E-state index contributed by atoms with van der Waals surface area (Å²) in [5.74, 6) is -5.46. The maximum Gasteiger partial charge on any atom is 0.430 e. The van der Waals surface area contributed by atoms with E-state index in [1.807, 2.05) is 0 Å². The number of benzene rings is 4. The van der Waals surface area contributed by atoms with E-state index in [-0.39, 0.29) is 53.3 Å². The van der Waals surface area contributed by atoms with Gasteiger partial charge < -0.3 is 25.4 Å². The van der Waals surface area contributed by atoms with E-state index >= 15 is 0 Å². The number of rotatable bonds is 18. The molecule has 0 saturated carbocycles. The standard InChI is InChI=1S/C44H41ClF7N5O6/c1-27-54-25-31(57(27)36-22-21-30(45)24-33(36)37(58)32-18-10-11-19-34(32)46)26-55-38(59)35(56-40(61)42(63-3,44(50,51)52)29-16-8-5-9-17-29)20-12-13-23-53-39(60)41(62-2,43(47,48)49)28-14-6-4-7-15-28/h4-11,14-19,21-22,24-25,35H,12-13,20,23,26H2,1-3H3,(H,53,60)(H,55,59)(H,56,61)/t35-,41-,42-/m0/s1. The van der Waals surface area contributed by atoms with Gasteiger partial charge in [-0.05, 0) is 56.5 Å². The number of hydrogen-bond acceptors (Lipinski definition) is 7. The molecule has 334 valence electrons. The minimum Gasteiger partial charge on any atom is -0.356 e. The Bertz CT molecular complexity index is 2420. The molecule has 4 aromatic carbocycles. The summed E-state index contributed by atoms with van der Waals surface area (Å²) in [6, 6.07) is 20.1. The molecule has 0 aliphatic heterocycles. The van der Waals surface area contributed by atoms with Crippen LogP contribution in [0.5, 0.6) is 0 Å². The highest BCUT2D eigenvalue weighted by atomic mass is 35.5. The number of aryl methyl sites for hydroxylation is 1. The maximum atomic E-state index is 14.9. The van der Waals surface area contributed by atoms with Gasteiger partial charge >= 0.3 is 12.4 Å². The van der Waals surface area contributed by atoms with Crippen LogP contribution in [0.2, 0.25) is 5.02 Å². The van der Waals surface area contributed by atoms with Gasteiger partial charge in [0.15, 0.2) is 5.78 Å². The number of hydrogen-bond donors (Lipinski definition) is 3. The number of imidazole rings is 1. The molecule has 0 spiro atoms. The topological polar surface area (TPSA) is 141 Å². The lowest BCUT2D eigenvalue weighted by atomic mass is 9.91. The number of methoxy groups -OCH3 is 2. The Morgan fingerprint density at radius 2 is 1.29 bits per heavy atom. The first-order chi connectivity index (χ1) is 29.8. The molecular weight excluding hydrogens is 863 g/mol. The molecule has 5 aromatic rings. The second-order valence-electron chi connectivity index (χ2n) is 14.1. The number of alkyl halides is 6. The summed E-state index contributed by atoms with van der Waals surface area (Å²) in [5.41, 5.74) is -7.85. The van der Waals surface area contributed by atoms with Crippen LogP contribution in [0.15, 0.2) is 109 Å². The SMILES string of the molecule is CO[C@](C(=O)NCCCC[C@H](NC(=O)[C@@](OC)(c1ccccc1)C(F)(F)F)C(=O)NCc1cnc(C)n1-c1ccc(Cl)cc1C(=O)c1ccccc1F)(c1ccccc1)C(F)(F)F. The average Bonchev–Trinajstić information content (AvgIpc) is 3.62. The molecule has 0 fully saturated rings. The van der Waals surface area contributed by atoms with E-state index in [1.54, 1.807) is 6.92 Å². The number of carbonyl (C=O) groups is 4. The first kappa shape index (κ1) is 47.9. The van der Waals surface area contributed by atoms with E-state index in [0.717, 1.165) is 37.4 Å². The zero-order valence-corrected chi connectivity index (χ0v) is 34.6. The molecule has 3 amide bonds. The summed E-state index contributed by atoms with van der Waals surface area (Å²) in [4.78, 5) is 58.8. The summed E-state index contributed by atoms with van der Waals surface area (Å²) in [6.45, 7) is 0.814. The molecule has 1 heterocycles. The molecule has 0 saturated heterocycles. The van der Waals surface area contributed by atoms with Crippen molar-refractivity contribution in [3.63, 3.8) is 0 Å². The molecule has 0 unspecified atom stereocenters. The van der Waals surface area contributed by atoms with Crippen molar-refractivity contribution < 1.29 is 59.4 Å². The van der Waals surface area contributed by atoms with Gasteiger partial charge in [-0.15, -0.1) is 0 Å². The molecule has 5 rings (SSSR count). The summed E-state index contributed by atoms with van der Waals surface area (Å²) < 4.78 is 114. The zero-order chi connectivity index (χ0) is 46.2. The molecular formula is C44H41ClF7N5O6. The largest absolute Gasteiger partial charge is 0.430 e. The third-order valence-corrected chi connectivity index (χ3v) is 10.5. The molecule has 63 heavy (non-hydrogen) atoms. The minimum atomic E-state index is -5.34. The highest BCUT2D eigenvalue weighted by molar-refractivity contribution is 6.31. The number of halogens is 8. The van der Waals surface area contributed by atoms with E-state index in [0.29, 0.717) is 12.9 Å². The average molecular weight is 904 g/mol. The van der Waals surface area contributed by atoms with Crippen LogP contribution in [0.4, 0.5) is 30.7 Å². The lowest BCUT2D eigenvalue weighted by Crippen LogP contribution is -2.59. The van der Waals surface area contributed by atoms with E-state index in [4.69, 9.17) is 21.1 Å². The van der Waals surface area contributed by atoms with Gasteiger partial charge in [-0.25, -0.2) is 9.37 Å². The molecule has 0 radical (unpaired) electrons. The smallest absolute Gasteiger partial charge is 0.356 e. The van der Waals surface area contributed by atoms with Crippen LogP contribution in [0.25, 0.3) is 5.69 Å². The summed E-state index contributed by atoms with van der Waals surface area (Å²) in [5, 5.41) is 7.09. The second kappa shape index (κ2) is 19.9. The number of carbonyl (C=O) groups excluding carboxylic acids is 4. The number of unbranched alkanes of at least 4 members (excludes halogenated alkanes) is 1. The third kappa shape index (κ3) is 9.92. The fourth-order valence-corrected chi connectivity index (χ4v) is 7.27. The fourth-order valence-electron chi connectivity index (χ4n) is 7.10. The van der Waals surface area contributed by atoms with Crippen molar-refractivity contribution in [1.82, 2.24) is 25.5 Å². The Labute approximate surface area is 361 Å². The normalized spacial score (nSPS) is 14.2. The quantitative estimate of drug-likeness (QED) is 0.0463. The lowest BCUT2D eigenvalue weighted by Gasteiger charge is -2.34. The van der Waals surface area contributed by atoms with Crippen molar-refractivity contribution in [2.24, 2.45) is 0 Å². The van der Waals surface area contributed by atoms with Crippen molar-refractivity contribution >= 4 is 35.1 Å². The number of amides is 3. The number of nitrogens with zero attached hydrogens (tertiary/aromatic N) is 2. The molecule has 0 aliphatic rings. The Morgan fingerprint density at radius 1 is 0.730 bits per heavy atom. The number of nitrogens with one attached hydrogen (secondary N) is 3. The molecule has 0 bridgehead atoms. The molecule has 19 heteroatoms. The highest BCUT2D eigenvalue weighted by Gasteiger charge is 2.64. The summed E-state index contributed by atoms with van der Waals surface area (Å²) >= 11 is 6.25. The van der Waals surface area contributed by atoms with Crippen molar-refractivity contribution in [3.05, 3.63) is 154 Å². The first-order valence-electron chi connectivity index (χ1n) is 19.2. The molecule has 11 nitrogen and oxygen atoms in total. The van der Waals surface area contributed by atoms with Crippen molar-refractivity contribution in [1.29, 1.82) is 0 Å². The predicted octanol–water partition coefficient (Wildman–Crippen LogP) is 7.80. The van der Waals surface area contributed by atoms with Crippen molar-refractivity contribution in [2.45, 2.75) is 62.3 Å². The minimum absolute atomic E-state index is 0.0239. The Kier molecular flexibility index (Phi) is 15.2. The zero-order valence-electron chi connectivity index (χ0n) is 33.9. The molecule has 0 aliphatic carbocycles. The second-order valence-corrected chi connectivity index (χ2v) is 14.5. The van der Waals surface area contributed by atoms with Gasteiger partial charge in [-0.3, -0.25) is 23.7 Å². The molecule has 3 atom stereocenters. The molecule has 3 N–H and O–H groups in total. The van der Waals surface area contributed by atoms with E-state index in [9.17, 15) is 49.9 Å². The predicted molar refractivity (Wildman–Crippen MR) is 216 cm³/mol. The summed E-state index contributed by atoms with van der Waals surface area (Å²) in [6.07, 6.45) is -9.77. The van der Waals surface area contributed by atoms with Gasteiger partial charge in [-0.1, -0.05) is 84.4 Å². The van der Waals surface area contributed by atoms with Crippen LogP contribution in [-0.2, 0) is 41.6 Å². The van der Waals surface area contributed by atoms with Crippen LogP contribution in [-0.4, -0.2) is 72.2 Å². The van der Waals surface area contributed by atoms with Crippen LogP contribution in [0.1, 0.15) is 57.8 Å². The highest BCUT2D eigenvalue weighted by Crippen LogP contribution is 2.43. The number of ether oxygens (including phenoxy) is 2. The lowest BCUT2D eigenvalue weighted by molar-refractivity contribution is -0.266. The van der Waals surface area contributed by atoms with E-state index in [1.165, 1.54) is 83.6 Å². The van der Waals surface area contributed by atoms with Crippen molar-refractivity contribution in [2.75, 3.05) is 20.8 Å².